The van der Waals surface area contributed by atoms with Crippen LogP contribution in [0.15, 0.2) is 91.5 Å². The van der Waals surface area contributed by atoms with E-state index in [2.05, 4.69) is 11.9 Å². The average Bonchev–Trinajstić information content (AvgIpc) is 3.52. The van der Waals surface area contributed by atoms with Crippen LogP contribution in [0.2, 0.25) is 0 Å². The topological polar surface area (TPSA) is 172 Å². The molecule has 0 radical (unpaired) electrons. The van der Waals surface area contributed by atoms with Gasteiger partial charge in [-0.25, -0.2) is 20.0 Å². The van der Waals surface area contributed by atoms with E-state index in [0.717, 1.165) is 23.2 Å². The molecule has 5 amide bonds. The Morgan fingerprint density at radius 3 is 2.40 bits per heavy atom. The molecule has 14 nitrogen and oxygen atoms in total. The summed E-state index contributed by atoms with van der Waals surface area (Å²) in [4.78, 5) is 59.7. The van der Waals surface area contributed by atoms with Gasteiger partial charge in [0.1, 0.15) is 18.0 Å². The zero-order valence-corrected chi connectivity index (χ0v) is 28.3. The number of nitrogens with two attached hydrogens (primary N) is 1. The third kappa shape index (κ3) is 7.93. The van der Waals surface area contributed by atoms with Gasteiger partial charge in [-0.15, -0.1) is 6.58 Å². The van der Waals surface area contributed by atoms with Crippen LogP contribution in [0.5, 0.6) is 5.75 Å². The summed E-state index contributed by atoms with van der Waals surface area (Å²) in [6.07, 6.45) is 2.17. The van der Waals surface area contributed by atoms with Crippen molar-refractivity contribution in [3.63, 3.8) is 0 Å². The lowest BCUT2D eigenvalue weighted by atomic mass is 9.98. The van der Waals surface area contributed by atoms with Gasteiger partial charge >= 0.3 is 6.03 Å². The number of rotatable bonds is 11. The van der Waals surface area contributed by atoms with Gasteiger partial charge in [0.15, 0.2) is 11.1 Å². The lowest BCUT2D eigenvalue weighted by Crippen LogP contribution is -2.76. The highest BCUT2D eigenvalue weighted by Gasteiger charge is 2.51. The molecule has 0 unspecified atom stereocenters. The summed E-state index contributed by atoms with van der Waals surface area (Å²) in [7, 11) is 0. The third-order valence-electron chi connectivity index (χ3n) is 8.90. The van der Waals surface area contributed by atoms with Crippen LogP contribution in [0, 0.1) is 0 Å². The molecule has 0 spiro atoms. The summed E-state index contributed by atoms with van der Waals surface area (Å²) < 4.78 is 24.0. The summed E-state index contributed by atoms with van der Waals surface area (Å²) in [5.41, 5.74) is 3.13. The predicted molar refractivity (Wildman–Crippen MR) is 188 cm³/mol. The maximum atomic E-state index is 14.4. The third-order valence-corrected chi connectivity index (χ3v) is 9.34. The van der Waals surface area contributed by atoms with E-state index in [4.69, 9.17) is 9.32 Å². The minimum atomic E-state index is -3.74. The first-order valence-electron chi connectivity index (χ1n) is 16.3. The van der Waals surface area contributed by atoms with Crippen LogP contribution in [0.3, 0.4) is 0 Å². The minimum Gasteiger partial charge on any atom is -0.392 e. The number of nitrogens with zero attached hydrogens (tertiary/aromatic N) is 5. The Morgan fingerprint density at radius 2 is 1.72 bits per heavy atom. The van der Waals surface area contributed by atoms with Crippen molar-refractivity contribution in [2.75, 3.05) is 31.1 Å². The molecule has 0 aliphatic carbocycles. The smallest absolute Gasteiger partial charge is 0.334 e. The van der Waals surface area contributed by atoms with Gasteiger partial charge in [-0.3, -0.25) is 23.5 Å². The lowest BCUT2D eigenvalue weighted by Gasteiger charge is -2.55. The summed E-state index contributed by atoms with van der Waals surface area (Å²) in [6.45, 7) is 5.04. The van der Waals surface area contributed by atoms with Crippen LogP contribution in [0.1, 0.15) is 29.5 Å². The zero-order valence-electron chi connectivity index (χ0n) is 27.5. The molecule has 3 aliphatic heterocycles. The second-order valence-corrected chi connectivity index (χ2v) is 13.7. The fraction of sp³-hybridized carbons (Fsp3) is 0.314. The van der Waals surface area contributed by atoms with E-state index in [-0.39, 0.29) is 62.6 Å². The number of hydrogen-bond donors (Lipinski definition) is 4. The molecule has 3 aromatic carbocycles. The quantitative estimate of drug-likeness (QED) is 0.218. The number of carbonyl (C=O) groups excluding carboxylic acids is 4. The maximum Gasteiger partial charge on any atom is 0.334 e. The number of anilines is 1. The van der Waals surface area contributed by atoms with Crippen LogP contribution in [-0.4, -0.2) is 91.1 Å². The van der Waals surface area contributed by atoms with E-state index in [0.29, 0.717) is 18.5 Å². The molecule has 0 aromatic heterocycles. The Morgan fingerprint density at radius 1 is 0.980 bits per heavy atom. The fourth-order valence-corrected chi connectivity index (χ4v) is 7.10. The molecule has 3 heterocycles. The number of nitrogens with one attached hydrogen (secondary N) is 1. The van der Waals surface area contributed by atoms with Crippen molar-refractivity contribution < 1.29 is 32.5 Å². The van der Waals surface area contributed by atoms with E-state index in [1.54, 1.807) is 33.0 Å². The first-order chi connectivity index (χ1) is 24.0. The van der Waals surface area contributed by atoms with Gasteiger partial charge in [0.25, 0.3) is 0 Å². The lowest BCUT2D eigenvalue weighted by molar-refractivity contribution is -0.189. The first kappa shape index (κ1) is 34.9. The minimum absolute atomic E-state index is 0.0431. The number of urea groups is 1. The van der Waals surface area contributed by atoms with Gasteiger partial charge in [0, 0.05) is 44.7 Å². The van der Waals surface area contributed by atoms with E-state index in [1.165, 1.54) is 22.0 Å². The molecule has 15 heteroatoms. The van der Waals surface area contributed by atoms with Crippen molar-refractivity contribution in [3.8, 4) is 5.75 Å². The molecule has 3 saturated heterocycles. The van der Waals surface area contributed by atoms with Crippen molar-refractivity contribution in [2.45, 2.75) is 44.6 Å². The number of amides is 5. The number of hydrogen-bond acceptors (Lipinski definition) is 9. The molecule has 3 fully saturated rings. The SMILES string of the molecule is C=CCN1CC(=O)N2[C@@H](Cc3ccc(OS(N)(O)O)cc3)C(=O)N(Cc3cccc(N4CCCC4=O)c3)C[C@@H]2N1C(=O)NCc1ccccc1. The Balaban J connectivity index is 1.32. The van der Waals surface area contributed by atoms with Gasteiger partial charge < -0.3 is 24.2 Å². The van der Waals surface area contributed by atoms with E-state index in [9.17, 15) is 28.3 Å². The Hall–Kier alpha value is -4.93. The zero-order chi connectivity index (χ0) is 35.4. The van der Waals surface area contributed by atoms with Crippen LogP contribution >= 0.6 is 11.1 Å². The molecular formula is C35H41N7O7S. The number of carbonyl (C=O) groups is 4. The first-order valence-corrected chi connectivity index (χ1v) is 17.8. The van der Waals surface area contributed by atoms with Gasteiger partial charge in [-0.2, -0.15) is 0 Å². The van der Waals surface area contributed by atoms with Crippen molar-refractivity contribution in [3.05, 3.63) is 108 Å². The molecular weight excluding hydrogens is 662 g/mol. The van der Waals surface area contributed by atoms with E-state index < -0.39 is 29.3 Å². The fourth-order valence-electron chi connectivity index (χ4n) is 6.71. The van der Waals surface area contributed by atoms with E-state index in [1.807, 2.05) is 54.6 Å². The Bertz CT molecular complexity index is 1740. The normalized spacial score (nSPS) is 20.2. The summed E-state index contributed by atoms with van der Waals surface area (Å²) >= 11 is -3.74. The molecule has 0 saturated carbocycles. The highest BCUT2D eigenvalue weighted by molar-refractivity contribution is 8.18. The van der Waals surface area contributed by atoms with E-state index >= 15 is 0 Å². The van der Waals surface area contributed by atoms with Gasteiger partial charge in [-0.1, -0.05) is 60.7 Å². The highest BCUT2D eigenvalue weighted by Crippen LogP contribution is 2.34. The molecule has 6 rings (SSSR count). The number of piperazine rings is 1. The summed E-state index contributed by atoms with van der Waals surface area (Å²) in [6, 6.07) is 21.9. The number of hydrazine groups is 1. The molecule has 3 aromatic rings. The second-order valence-electron chi connectivity index (χ2n) is 12.4. The molecule has 0 bridgehead atoms. The van der Waals surface area contributed by atoms with Gasteiger partial charge in [0.05, 0.1) is 13.1 Å². The van der Waals surface area contributed by atoms with Crippen molar-refractivity contribution in [1.29, 1.82) is 0 Å². The molecule has 264 valence electrons. The van der Waals surface area contributed by atoms with Crippen LogP contribution in [-0.2, 0) is 33.9 Å². The van der Waals surface area contributed by atoms with Crippen LogP contribution in [0.25, 0.3) is 0 Å². The van der Waals surface area contributed by atoms with Gasteiger partial charge in [0.2, 0.25) is 17.7 Å². The van der Waals surface area contributed by atoms with Crippen molar-refractivity contribution in [1.82, 2.24) is 25.1 Å². The molecule has 3 aliphatic rings. The number of fused-ring (bicyclic) bond motifs is 1. The van der Waals surface area contributed by atoms with Crippen LogP contribution < -0.4 is 19.5 Å². The standard InChI is InChI=1S/C35H41N7O7S/c1-2-17-39-24-33(44)41-30(20-25-13-15-29(16-14-25)49-50(36,47)48)34(45)38(22-27-10-6-11-28(19-27)40-18-7-12-32(40)43)23-31(41)42(39)35(46)37-21-26-8-4-3-5-9-26/h2-6,8-11,13-16,19,30-31,47-48H,1,7,12,17-18,20-24,36H2,(H,37,46)/t30-,31-/m0/s1. The Labute approximate surface area is 292 Å². The molecule has 50 heavy (non-hydrogen) atoms. The van der Waals surface area contributed by atoms with Crippen molar-refractivity contribution >= 4 is 40.5 Å². The largest absolute Gasteiger partial charge is 0.392 e. The summed E-state index contributed by atoms with van der Waals surface area (Å²) in [5, 5.41) is 11.4. The summed E-state index contributed by atoms with van der Waals surface area (Å²) in [5.74, 6) is -0.429. The van der Waals surface area contributed by atoms with Gasteiger partial charge in [-0.05, 0) is 47.4 Å². The average molecular weight is 704 g/mol. The monoisotopic (exact) mass is 703 g/mol. The molecule has 2 atom stereocenters. The van der Waals surface area contributed by atoms with Crippen LogP contribution in [0.4, 0.5) is 10.5 Å². The highest BCUT2D eigenvalue weighted by atomic mass is 32.3. The second kappa shape index (κ2) is 14.9. The number of benzene rings is 3. The van der Waals surface area contributed by atoms with Crippen molar-refractivity contribution in [2.24, 2.45) is 5.14 Å². The molecule has 5 N–H and O–H groups in total. The maximum absolute atomic E-state index is 14.4. The Kier molecular flexibility index (Phi) is 10.4. The predicted octanol–water partition coefficient (Wildman–Crippen LogP) is 3.47.